The fraction of sp³-hybridized carbons (Fsp3) is 0.750. The van der Waals surface area contributed by atoms with Gasteiger partial charge in [-0.05, 0) is 25.2 Å². The average Bonchev–Trinajstić information content (AvgIpc) is 2.14. The van der Waals surface area contributed by atoms with E-state index in [0.29, 0.717) is 6.42 Å². The van der Waals surface area contributed by atoms with Crippen molar-refractivity contribution < 1.29 is 13.6 Å². The number of hydrogen-bond acceptors (Lipinski definition) is 2. The highest BCUT2D eigenvalue weighted by molar-refractivity contribution is 5.65. The zero-order chi connectivity index (χ0) is 13.3. The number of carbonyl (C=O) groups is 1. The highest BCUT2D eigenvalue weighted by Gasteiger charge is 2.33. The highest BCUT2D eigenvalue weighted by atomic mass is 16.5. The van der Waals surface area contributed by atoms with Crippen molar-refractivity contribution in [3.63, 3.8) is 0 Å². The zero-order valence-electron chi connectivity index (χ0n) is 12.1. The molecule has 0 radical (unpaired) electrons. The van der Waals surface area contributed by atoms with E-state index in [1.54, 1.807) is 6.92 Å². The first kappa shape index (κ1) is 7.49. The second kappa shape index (κ2) is 4.16. The van der Waals surface area contributed by atoms with Crippen LogP contribution < -0.4 is 0 Å². The molecule has 1 rings (SSSR count). The van der Waals surface area contributed by atoms with Crippen LogP contribution in [0.4, 0.5) is 0 Å². The van der Waals surface area contributed by atoms with E-state index in [1.807, 2.05) is 13.0 Å². The van der Waals surface area contributed by atoms with E-state index in [9.17, 15) is 4.79 Å². The van der Waals surface area contributed by atoms with Crippen LogP contribution in [0.25, 0.3) is 0 Å². The predicted octanol–water partition coefficient (Wildman–Crippen LogP) is 2.93. The molecule has 0 spiro atoms. The minimum absolute atomic E-state index is 0.159. The fourth-order valence-electron chi connectivity index (χ4n) is 1.93. The molecule has 0 aromatic heterocycles. The van der Waals surface area contributed by atoms with Crippen LogP contribution in [0.2, 0.25) is 0 Å². The van der Waals surface area contributed by atoms with Gasteiger partial charge in [-0.2, -0.15) is 0 Å². The Morgan fingerprint density at radius 2 is 2.57 bits per heavy atom. The molecule has 1 aliphatic rings. The molecule has 0 aliphatic heterocycles. The number of rotatable bonds is 2. The molecule has 14 heavy (non-hydrogen) atoms. The normalized spacial score (nSPS) is 36.4. The molecule has 0 fully saturated rings. The third kappa shape index (κ3) is 2.60. The van der Waals surface area contributed by atoms with Crippen LogP contribution in [0.5, 0.6) is 0 Å². The van der Waals surface area contributed by atoms with Gasteiger partial charge in [-0.15, -0.1) is 0 Å². The summed E-state index contributed by atoms with van der Waals surface area (Å²) in [5.74, 6) is -0.580. The summed E-state index contributed by atoms with van der Waals surface area (Å²) >= 11 is 0. The molecule has 80 valence electrons. The molecule has 0 bridgehead atoms. The number of allylic oxidation sites excluding steroid dienone is 1. The van der Waals surface area contributed by atoms with Gasteiger partial charge in [0, 0.05) is 17.0 Å². The van der Waals surface area contributed by atoms with Crippen molar-refractivity contribution in [3.05, 3.63) is 11.6 Å². The van der Waals surface area contributed by atoms with Crippen LogP contribution in [-0.4, -0.2) is 12.6 Å². The van der Waals surface area contributed by atoms with Crippen molar-refractivity contribution in [1.82, 2.24) is 0 Å². The van der Waals surface area contributed by atoms with Crippen LogP contribution in [-0.2, 0) is 9.53 Å². The van der Waals surface area contributed by atoms with Crippen molar-refractivity contribution >= 4 is 5.97 Å². The lowest BCUT2D eigenvalue weighted by molar-refractivity contribution is -0.143. The number of carbonyl (C=O) groups excluding carboxylic acids is 1. The monoisotopic (exact) mass is 199 g/mol. The van der Waals surface area contributed by atoms with Gasteiger partial charge in [-0.25, -0.2) is 0 Å². The lowest BCUT2D eigenvalue weighted by Crippen LogP contribution is -2.32. The van der Waals surface area contributed by atoms with Gasteiger partial charge in [-0.3, -0.25) is 4.79 Å². The summed E-state index contributed by atoms with van der Waals surface area (Å²) in [7, 11) is 0. The summed E-state index contributed by atoms with van der Waals surface area (Å²) < 4.78 is 28.1. The van der Waals surface area contributed by atoms with Crippen LogP contribution >= 0.6 is 0 Å². The summed E-state index contributed by atoms with van der Waals surface area (Å²) in [5.41, 5.74) is 0.206. The standard InChI is InChI=1S/C12H20O2/c1-9-6-5-7-12(3,4)11(9)8-14-10(2)13/h6,11H,5,7-8H2,1-4H3/t11-/m1/s1/i3D3/t11-,12-. The van der Waals surface area contributed by atoms with E-state index >= 15 is 0 Å². The maximum Gasteiger partial charge on any atom is 0.302 e. The lowest BCUT2D eigenvalue weighted by atomic mass is 9.69. The van der Waals surface area contributed by atoms with Gasteiger partial charge in [0.2, 0.25) is 0 Å². The van der Waals surface area contributed by atoms with E-state index in [2.05, 4.69) is 0 Å². The van der Waals surface area contributed by atoms with Crippen molar-refractivity contribution in [1.29, 1.82) is 0 Å². The third-order valence-corrected chi connectivity index (χ3v) is 2.90. The first-order valence-electron chi connectivity index (χ1n) is 6.48. The smallest absolute Gasteiger partial charge is 0.302 e. The Kier molecular flexibility index (Phi) is 2.23. The SMILES string of the molecule is [2H]C([2H])([2H])[C@@]1(C)CCC=C(C)[C@H]1COC(C)=O. The van der Waals surface area contributed by atoms with E-state index in [1.165, 1.54) is 6.92 Å². The van der Waals surface area contributed by atoms with E-state index < -0.39 is 12.3 Å². The molecule has 0 amide bonds. The molecule has 2 atom stereocenters. The van der Waals surface area contributed by atoms with Crippen molar-refractivity contribution in [3.8, 4) is 0 Å². The van der Waals surface area contributed by atoms with Gasteiger partial charge in [0.1, 0.15) is 0 Å². The summed E-state index contributed by atoms with van der Waals surface area (Å²) in [4.78, 5) is 10.9. The van der Waals surface area contributed by atoms with E-state index in [0.717, 1.165) is 12.0 Å². The van der Waals surface area contributed by atoms with E-state index in [-0.39, 0.29) is 18.5 Å². The van der Waals surface area contributed by atoms with Crippen LogP contribution in [0.15, 0.2) is 11.6 Å². The molecular formula is C12H20O2. The van der Waals surface area contributed by atoms with Gasteiger partial charge in [-0.1, -0.05) is 25.4 Å². The summed E-state index contributed by atoms with van der Waals surface area (Å²) in [6.45, 7) is 3.15. The molecule has 2 nitrogen and oxygen atoms in total. The molecule has 0 heterocycles. The Morgan fingerprint density at radius 1 is 1.86 bits per heavy atom. The minimum Gasteiger partial charge on any atom is -0.465 e. The largest absolute Gasteiger partial charge is 0.465 e. The second-order valence-electron chi connectivity index (χ2n) is 4.26. The fourth-order valence-corrected chi connectivity index (χ4v) is 1.93. The highest BCUT2D eigenvalue weighted by Crippen LogP contribution is 2.40. The van der Waals surface area contributed by atoms with Gasteiger partial charge in [0.15, 0.2) is 0 Å². The van der Waals surface area contributed by atoms with Gasteiger partial charge < -0.3 is 4.74 Å². The molecule has 1 aliphatic carbocycles. The van der Waals surface area contributed by atoms with Crippen LogP contribution in [0, 0.1) is 11.3 Å². The Bertz CT molecular complexity index is 333. The molecule has 0 aromatic rings. The van der Waals surface area contributed by atoms with Crippen molar-refractivity contribution in [2.24, 2.45) is 11.3 Å². The Balaban J connectivity index is 2.95. The molecule has 0 saturated heterocycles. The van der Waals surface area contributed by atoms with Crippen molar-refractivity contribution in [2.75, 3.05) is 6.61 Å². The topological polar surface area (TPSA) is 26.3 Å². The first-order valence-corrected chi connectivity index (χ1v) is 4.98. The van der Waals surface area contributed by atoms with Gasteiger partial charge >= 0.3 is 5.97 Å². The predicted molar refractivity (Wildman–Crippen MR) is 56.9 cm³/mol. The minimum atomic E-state index is -2.03. The number of esters is 1. The van der Waals surface area contributed by atoms with Crippen LogP contribution in [0.1, 0.15) is 44.6 Å². The number of hydrogen-bond donors (Lipinski definition) is 0. The van der Waals surface area contributed by atoms with Gasteiger partial charge in [0.25, 0.3) is 0 Å². The van der Waals surface area contributed by atoms with Crippen molar-refractivity contribution in [2.45, 2.75) is 40.5 Å². The quantitative estimate of drug-likeness (QED) is 0.505. The molecule has 0 N–H and O–H groups in total. The lowest BCUT2D eigenvalue weighted by Gasteiger charge is -2.37. The summed E-state index contributed by atoms with van der Waals surface area (Å²) in [6.07, 6.45) is 3.42. The van der Waals surface area contributed by atoms with Gasteiger partial charge in [0.05, 0.1) is 6.61 Å². The Labute approximate surface area is 90.5 Å². The average molecular weight is 199 g/mol. The third-order valence-electron chi connectivity index (χ3n) is 2.90. The molecule has 0 aromatic carbocycles. The zero-order valence-corrected chi connectivity index (χ0v) is 9.09. The molecule has 0 unspecified atom stereocenters. The maximum absolute atomic E-state index is 10.9. The first-order chi connectivity index (χ1) is 7.68. The molecule has 0 saturated carbocycles. The van der Waals surface area contributed by atoms with Crippen LogP contribution in [0.3, 0.4) is 0 Å². The molecule has 2 heteroatoms. The summed E-state index contributed by atoms with van der Waals surface area (Å²) in [5, 5.41) is 0. The summed E-state index contributed by atoms with van der Waals surface area (Å²) in [6, 6.07) is 0. The number of ether oxygens (including phenoxy) is 1. The Hall–Kier alpha value is -0.790. The van der Waals surface area contributed by atoms with E-state index in [4.69, 9.17) is 8.85 Å². The Morgan fingerprint density at radius 3 is 3.14 bits per heavy atom. The maximum atomic E-state index is 10.9. The second-order valence-corrected chi connectivity index (χ2v) is 4.26. The molecular weight excluding hydrogens is 176 g/mol.